The van der Waals surface area contributed by atoms with Crippen LogP contribution in [-0.4, -0.2) is 23.4 Å². The predicted octanol–water partition coefficient (Wildman–Crippen LogP) is 4.10. The molecule has 0 N–H and O–H groups in total. The highest BCUT2D eigenvalue weighted by molar-refractivity contribution is 5.78. The second-order valence-corrected chi connectivity index (χ2v) is 6.50. The zero-order chi connectivity index (χ0) is 13.7. The van der Waals surface area contributed by atoms with E-state index in [0.717, 1.165) is 25.3 Å². The molecule has 1 aliphatic heterocycles. The molecule has 1 amide bonds. The molecule has 0 aromatic rings. The highest BCUT2D eigenvalue weighted by Crippen LogP contribution is 2.27. The van der Waals surface area contributed by atoms with E-state index in [1.807, 2.05) is 0 Å². The molecule has 0 aliphatic carbocycles. The zero-order valence-corrected chi connectivity index (χ0v) is 12.9. The summed E-state index contributed by atoms with van der Waals surface area (Å²) in [6, 6.07) is 0.460. The number of likely N-dealkylation sites (tertiary alicyclic amines) is 1. The quantitative estimate of drug-likeness (QED) is 0.739. The van der Waals surface area contributed by atoms with Crippen molar-refractivity contribution < 1.29 is 4.79 Å². The summed E-state index contributed by atoms with van der Waals surface area (Å²) in [5.74, 6) is 1.94. The molecule has 3 unspecified atom stereocenters. The van der Waals surface area contributed by atoms with Crippen LogP contribution >= 0.6 is 0 Å². The van der Waals surface area contributed by atoms with E-state index >= 15 is 0 Å². The minimum atomic E-state index is 0.199. The van der Waals surface area contributed by atoms with Crippen molar-refractivity contribution in [1.82, 2.24) is 4.90 Å². The first-order valence-electron chi connectivity index (χ1n) is 7.77. The minimum absolute atomic E-state index is 0.199. The van der Waals surface area contributed by atoms with E-state index in [9.17, 15) is 4.79 Å². The summed E-state index contributed by atoms with van der Waals surface area (Å²) in [5, 5.41) is 0. The van der Waals surface area contributed by atoms with Crippen molar-refractivity contribution in [1.29, 1.82) is 0 Å². The summed E-state index contributed by atoms with van der Waals surface area (Å²) < 4.78 is 0. The van der Waals surface area contributed by atoms with Gasteiger partial charge in [-0.25, -0.2) is 0 Å². The molecular formula is C16H31NO. The number of rotatable bonds is 4. The second-order valence-electron chi connectivity index (χ2n) is 6.50. The first-order valence-corrected chi connectivity index (χ1v) is 7.77. The fourth-order valence-corrected chi connectivity index (χ4v) is 3.09. The second kappa shape index (κ2) is 7.16. The number of hydrogen-bond donors (Lipinski definition) is 0. The number of carbonyl (C=O) groups is 1. The lowest BCUT2D eigenvalue weighted by Crippen LogP contribution is -2.45. The lowest BCUT2D eigenvalue weighted by molar-refractivity contribution is -0.138. The third-order valence-electron chi connectivity index (χ3n) is 4.41. The summed E-state index contributed by atoms with van der Waals surface area (Å²) in [7, 11) is 0. The Balaban J connectivity index is 2.76. The van der Waals surface area contributed by atoms with Gasteiger partial charge in [0.1, 0.15) is 0 Å². The highest BCUT2D eigenvalue weighted by atomic mass is 16.2. The molecule has 2 nitrogen and oxygen atoms in total. The van der Waals surface area contributed by atoms with Crippen LogP contribution in [0.15, 0.2) is 0 Å². The monoisotopic (exact) mass is 253 g/mol. The van der Waals surface area contributed by atoms with Gasteiger partial charge in [-0.2, -0.15) is 0 Å². The van der Waals surface area contributed by atoms with E-state index in [4.69, 9.17) is 0 Å². The topological polar surface area (TPSA) is 20.3 Å². The van der Waals surface area contributed by atoms with Gasteiger partial charge in [-0.1, -0.05) is 41.0 Å². The molecule has 1 heterocycles. The molecular weight excluding hydrogens is 222 g/mol. The van der Waals surface area contributed by atoms with E-state index < -0.39 is 0 Å². The van der Waals surface area contributed by atoms with Gasteiger partial charge in [-0.3, -0.25) is 4.79 Å². The van der Waals surface area contributed by atoms with Crippen LogP contribution in [-0.2, 0) is 4.79 Å². The first kappa shape index (κ1) is 15.5. The van der Waals surface area contributed by atoms with Gasteiger partial charge in [0, 0.05) is 18.5 Å². The van der Waals surface area contributed by atoms with E-state index in [1.165, 1.54) is 19.3 Å². The molecule has 2 heteroatoms. The Bertz CT molecular complexity index is 262. The molecule has 18 heavy (non-hydrogen) atoms. The standard InChI is InChI=1S/C16H31NO/c1-6-7-14(5)16(18)17-11-10-13(4)8-9-15(17)12(2)3/h12-15H,6-11H2,1-5H3. The minimum Gasteiger partial charge on any atom is -0.339 e. The molecule has 0 saturated carbocycles. The molecule has 0 aromatic heterocycles. The molecule has 1 saturated heterocycles. The van der Waals surface area contributed by atoms with Crippen molar-refractivity contribution in [2.45, 2.75) is 72.8 Å². The van der Waals surface area contributed by atoms with E-state index in [0.29, 0.717) is 17.9 Å². The third-order valence-corrected chi connectivity index (χ3v) is 4.41. The molecule has 0 radical (unpaired) electrons. The fourth-order valence-electron chi connectivity index (χ4n) is 3.09. The molecule has 1 aliphatic rings. The van der Waals surface area contributed by atoms with Crippen LogP contribution in [0.5, 0.6) is 0 Å². The predicted molar refractivity (Wildman–Crippen MR) is 77.4 cm³/mol. The van der Waals surface area contributed by atoms with Gasteiger partial charge in [0.05, 0.1) is 0 Å². The molecule has 1 rings (SSSR count). The van der Waals surface area contributed by atoms with Crippen LogP contribution in [0.2, 0.25) is 0 Å². The number of carbonyl (C=O) groups excluding carboxylic acids is 1. The highest BCUT2D eigenvalue weighted by Gasteiger charge is 2.31. The van der Waals surface area contributed by atoms with Crippen molar-refractivity contribution in [3.8, 4) is 0 Å². The smallest absolute Gasteiger partial charge is 0.225 e. The maximum atomic E-state index is 12.6. The Labute approximate surface area is 113 Å². The summed E-state index contributed by atoms with van der Waals surface area (Å²) in [5.41, 5.74) is 0. The number of hydrogen-bond acceptors (Lipinski definition) is 1. The number of nitrogens with zero attached hydrogens (tertiary/aromatic N) is 1. The van der Waals surface area contributed by atoms with Gasteiger partial charge in [0.25, 0.3) is 0 Å². The Morgan fingerprint density at radius 3 is 2.44 bits per heavy atom. The van der Waals surface area contributed by atoms with Crippen molar-refractivity contribution >= 4 is 5.91 Å². The van der Waals surface area contributed by atoms with Gasteiger partial charge < -0.3 is 4.90 Å². The normalized spacial score (nSPS) is 27.1. The van der Waals surface area contributed by atoms with Gasteiger partial charge in [-0.15, -0.1) is 0 Å². The van der Waals surface area contributed by atoms with Gasteiger partial charge in [0.15, 0.2) is 0 Å². The molecule has 0 aromatic carbocycles. The van der Waals surface area contributed by atoms with Crippen molar-refractivity contribution in [3.63, 3.8) is 0 Å². The molecule has 3 atom stereocenters. The largest absolute Gasteiger partial charge is 0.339 e. The fraction of sp³-hybridized carbons (Fsp3) is 0.938. The van der Waals surface area contributed by atoms with Crippen molar-refractivity contribution in [2.75, 3.05) is 6.54 Å². The van der Waals surface area contributed by atoms with Gasteiger partial charge in [0.2, 0.25) is 5.91 Å². The van der Waals surface area contributed by atoms with Crippen LogP contribution in [0, 0.1) is 17.8 Å². The van der Waals surface area contributed by atoms with Crippen LogP contribution < -0.4 is 0 Å². The SMILES string of the molecule is CCCC(C)C(=O)N1CCC(C)CCC1C(C)C. The summed E-state index contributed by atoms with van der Waals surface area (Å²) in [6.07, 6.45) is 5.76. The molecule has 0 bridgehead atoms. The number of amides is 1. The van der Waals surface area contributed by atoms with Crippen LogP contribution in [0.25, 0.3) is 0 Å². The van der Waals surface area contributed by atoms with Crippen LogP contribution in [0.4, 0.5) is 0 Å². The first-order chi connectivity index (χ1) is 8.47. The van der Waals surface area contributed by atoms with E-state index in [1.54, 1.807) is 0 Å². The maximum absolute atomic E-state index is 12.6. The van der Waals surface area contributed by atoms with Gasteiger partial charge >= 0.3 is 0 Å². The zero-order valence-electron chi connectivity index (χ0n) is 12.9. The van der Waals surface area contributed by atoms with Crippen LogP contribution in [0.1, 0.15) is 66.7 Å². The Morgan fingerprint density at radius 1 is 1.22 bits per heavy atom. The van der Waals surface area contributed by atoms with E-state index in [-0.39, 0.29) is 5.92 Å². The Morgan fingerprint density at radius 2 is 1.89 bits per heavy atom. The van der Waals surface area contributed by atoms with E-state index in [2.05, 4.69) is 39.5 Å². The van der Waals surface area contributed by atoms with Gasteiger partial charge in [-0.05, 0) is 37.5 Å². The third kappa shape index (κ3) is 4.00. The Kier molecular flexibility index (Phi) is 6.17. The summed E-state index contributed by atoms with van der Waals surface area (Å²) >= 11 is 0. The van der Waals surface area contributed by atoms with Crippen molar-refractivity contribution in [2.24, 2.45) is 17.8 Å². The average Bonchev–Trinajstić information content (AvgIpc) is 2.50. The summed E-state index contributed by atoms with van der Waals surface area (Å²) in [4.78, 5) is 14.8. The summed E-state index contributed by atoms with van der Waals surface area (Å²) in [6.45, 7) is 12.1. The molecule has 1 fully saturated rings. The molecule has 0 spiro atoms. The lowest BCUT2D eigenvalue weighted by atomic mass is 9.94. The van der Waals surface area contributed by atoms with Crippen molar-refractivity contribution in [3.05, 3.63) is 0 Å². The lowest BCUT2D eigenvalue weighted by Gasteiger charge is -2.34. The Hall–Kier alpha value is -0.530. The molecule has 106 valence electrons. The maximum Gasteiger partial charge on any atom is 0.225 e. The van der Waals surface area contributed by atoms with Crippen LogP contribution in [0.3, 0.4) is 0 Å². The average molecular weight is 253 g/mol.